The van der Waals surface area contributed by atoms with Gasteiger partial charge in [0, 0.05) is 19.2 Å². The molecule has 1 N–H and O–H groups in total. The first kappa shape index (κ1) is 15.2. The van der Waals surface area contributed by atoms with Gasteiger partial charge < -0.3 is 4.57 Å². The van der Waals surface area contributed by atoms with Crippen molar-refractivity contribution in [2.24, 2.45) is 12.1 Å². The molecule has 0 aliphatic carbocycles. The average molecular weight is 320 g/mol. The molecule has 3 aromatic rings. The molecule has 2 aromatic carbocycles. The zero-order chi connectivity index (χ0) is 17.1. The largest absolute Gasteiger partial charge is 0.325 e. The molecule has 0 aliphatic heterocycles. The molecular formula is C16H12N6O2. The highest BCUT2D eigenvalue weighted by atomic mass is 16.6. The number of nitrogens with zero attached hydrogens (tertiary/aromatic N) is 5. The van der Waals surface area contributed by atoms with Gasteiger partial charge in [-0.3, -0.25) is 15.5 Å². The van der Waals surface area contributed by atoms with Crippen molar-refractivity contribution in [3.63, 3.8) is 0 Å². The Balaban J connectivity index is 1.90. The number of aromatic nitrogens is 2. The molecule has 0 bridgehead atoms. The van der Waals surface area contributed by atoms with Crippen molar-refractivity contribution in [3.8, 4) is 6.07 Å². The summed E-state index contributed by atoms with van der Waals surface area (Å²) in [4.78, 5) is 14.6. The van der Waals surface area contributed by atoms with Gasteiger partial charge in [-0.2, -0.15) is 10.4 Å². The van der Waals surface area contributed by atoms with Crippen LogP contribution in [0.15, 0.2) is 53.6 Å². The van der Waals surface area contributed by atoms with Crippen LogP contribution in [-0.4, -0.2) is 20.2 Å². The number of benzene rings is 2. The highest BCUT2D eigenvalue weighted by molar-refractivity contribution is 6.11. The number of aryl methyl sites for hydroxylation is 1. The Labute approximate surface area is 136 Å². The smallest absolute Gasteiger partial charge is 0.269 e. The highest BCUT2D eigenvalue weighted by Crippen LogP contribution is 2.17. The summed E-state index contributed by atoms with van der Waals surface area (Å²) in [6.45, 7) is 0. The second-order valence-corrected chi connectivity index (χ2v) is 4.97. The van der Waals surface area contributed by atoms with E-state index in [1.807, 2.05) is 37.4 Å². The summed E-state index contributed by atoms with van der Waals surface area (Å²) in [6, 6.07) is 15.3. The van der Waals surface area contributed by atoms with Crippen molar-refractivity contribution < 1.29 is 4.92 Å². The number of fused-ring (bicyclic) bond motifs is 1. The van der Waals surface area contributed by atoms with Gasteiger partial charge in [0.25, 0.3) is 5.69 Å². The maximum absolute atomic E-state index is 10.6. The lowest BCUT2D eigenvalue weighted by atomic mass is 10.3. The Kier molecular flexibility index (Phi) is 3.91. The van der Waals surface area contributed by atoms with E-state index in [4.69, 9.17) is 0 Å². The Bertz CT molecular complexity index is 982. The van der Waals surface area contributed by atoms with Gasteiger partial charge in [0.2, 0.25) is 5.71 Å². The normalized spacial score (nSPS) is 11.2. The number of non-ortho nitro benzene ring substituents is 1. The first-order valence-corrected chi connectivity index (χ1v) is 7.00. The van der Waals surface area contributed by atoms with Gasteiger partial charge in [-0.25, -0.2) is 4.98 Å². The molecule has 0 atom stereocenters. The molecule has 24 heavy (non-hydrogen) atoms. The van der Waals surface area contributed by atoms with Crippen LogP contribution in [0.25, 0.3) is 11.0 Å². The van der Waals surface area contributed by atoms with E-state index in [0.29, 0.717) is 11.5 Å². The summed E-state index contributed by atoms with van der Waals surface area (Å²) >= 11 is 0. The third kappa shape index (κ3) is 2.78. The minimum absolute atomic E-state index is 0.0135. The minimum Gasteiger partial charge on any atom is -0.325 e. The number of imidazole rings is 1. The summed E-state index contributed by atoms with van der Waals surface area (Å²) < 4.78 is 1.79. The molecular weight excluding hydrogens is 308 g/mol. The molecule has 1 heterocycles. The van der Waals surface area contributed by atoms with E-state index in [-0.39, 0.29) is 11.4 Å². The first-order valence-electron chi connectivity index (χ1n) is 7.00. The van der Waals surface area contributed by atoms with E-state index in [9.17, 15) is 15.4 Å². The van der Waals surface area contributed by atoms with Gasteiger partial charge in [0.15, 0.2) is 5.82 Å². The van der Waals surface area contributed by atoms with Crippen LogP contribution >= 0.6 is 0 Å². The van der Waals surface area contributed by atoms with E-state index >= 15 is 0 Å². The highest BCUT2D eigenvalue weighted by Gasteiger charge is 2.13. The number of hydrogen-bond acceptors (Lipinski definition) is 6. The number of hydrazone groups is 1. The standard InChI is InChI=1S/C16H12N6O2/c1-21-15-5-3-2-4-13(15)18-16(21)14(10-17)20-19-11-6-8-12(9-7-11)22(23)24/h2-9,19H,1H3/b20-14+. The molecule has 0 radical (unpaired) electrons. The number of nitrogens with one attached hydrogen (secondary N) is 1. The van der Waals surface area contributed by atoms with Crippen LogP contribution in [0.1, 0.15) is 5.82 Å². The Morgan fingerprint density at radius 1 is 1.29 bits per heavy atom. The molecule has 0 saturated heterocycles. The number of para-hydroxylation sites is 2. The summed E-state index contributed by atoms with van der Waals surface area (Å²) in [5.41, 5.74) is 5.03. The van der Waals surface area contributed by atoms with Crippen LogP contribution in [0.5, 0.6) is 0 Å². The number of nitro groups is 1. The molecule has 0 saturated carbocycles. The van der Waals surface area contributed by atoms with Crippen molar-refractivity contribution in [2.75, 3.05) is 5.43 Å². The van der Waals surface area contributed by atoms with Crippen molar-refractivity contribution in [2.45, 2.75) is 0 Å². The van der Waals surface area contributed by atoms with Gasteiger partial charge in [0.1, 0.15) is 6.07 Å². The molecule has 1 aromatic heterocycles. The molecule has 118 valence electrons. The summed E-state index contributed by atoms with van der Waals surface area (Å²) in [5.74, 6) is 0.438. The van der Waals surface area contributed by atoms with E-state index < -0.39 is 4.92 Å². The second-order valence-electron chi connectivity index (χ2n) is 4.97. The molecule has 0 amide bonds. The predicted molar refractivity (Wildman–Crippen MR) is 89.6 cm³/mol. The summed E-state index contributed by atoms with van der Waals surface area (Å²) in [5, 5.41) is 24.1. The quantitative estimate of drug-likeness (QED) is 0.451. The zero-order valence-corrected chi connectivity index (χ0v) is 12.7. The third-order valence-electron chi connectivity index (χ3n) is 3.48. The fourth-order valence-electron chi connectivity index (χ4n) is 2.26. The molecule has 8 nitrogen and oxygen atoms in total. The minimum atomic E-state index is -0.479. The number of hydrogen-bond donors (Lipinski definition) is 1. The number of anilines is 1. The lowest BCUT2D eigenvalue weighted by molar-refractivity contribution is -0.384. The lowest BCUT2D eigenvalue weighted by Crippen LogP contribution is -2.08. The molecule has 8 heteroatoms. The van der Waals surface area contributed by atoms with E-state index in [1.165, 1.54) is 24.3 Å². The van der Waals surface area contributed by atoms with Gasteiger partial charge in [-0.15, -0.1) is 0 Å². The van der Waals surface area contributed by atoms with Crippen LogP contribution < -0.4 is 5.43 Å². The predicted octanol–water partition coefficient (Wildman–Crippen LogP) is 2.82. The van der Waals surface area contributed by atoms with Crippen LogP contribution in [-0.2, 0) is 7.05 Å². The van der Waals surface area contributed by atoms with Crippen LogP contribution in [0.3, 0.4) is 0 Å². The van der Waals surface area contributed by atoms with E-state index in [1.54, 1.807) is 4.57 Å². The average Bonchev–Trinajstić information content (AvgIpc) is 2.93. The molecule has 0 fully saturated rings. The maximum Gasteiger partial charge on any atom is 0.269 e. The van der Waals surface area contributed by atoms with Gasteiger partial charge in [-0.1, -0.05) is 12.1 Å². The van der Waals surface area contributed by atoms with Crippen molar-refractivity contribution in [1.82, 2.24) is 9.55 Å². The van der Waals surface area contributed by atoms with Crippen molar-refractivity contribution in [3.05, 3.63) is 64.5 Å². The first-order chi connectivity index (χ1) is 11.6. The van der Waals surface area contributed by atoms with Crippen LogP contribution in [0, 0.1) is 21.4 Å². The Morgan fingerprint density at radius 3 is 2.62 bits per heavy atom. The number of nitriles is 1. The Morgan fingerprint density at radius 2 is 2.00 bits per heavy atom. The zero-order valence-electron chi connectivity index (χ0n) is 12.7. The Hall–Kier alpha value is -3.73. The van der Waals surface area contributed by atoms with E-state index in [0.717, 1.165) is 11.0 Å². The van der Waals surface area contributed by atoms with E-state index in [2.05, 4.69) is 15.5 Å². The van der Waals surface area contributed by atoms with Gasteiger partial charge >= 0.3 is 0 Å². The monoisotopic (exact) mass is 320 g/mol. The molecule has 3 rings (SSSR count). The fraction of sp³-hybridized carbons (Fsp3) is 0.0625. The maximum atomic E-state index is 10.6. The number of nitro benzene ring substituents is 1. The lowest BCUT2D eigenvalue weighted by Gasteiger charge is -2.02. The number of rotatable bonds is 4. The second kappa shape index (κ2) is 6.18. The SMILES string of the molecule is Cn1c(/C(C#N)=N/Nc2ccc([N+](=O)[O-])cc2)nc2ccccc21. The van der Waals surface area contributed by atoms with Crippen molar-refractivity contribution in [1.29, 1.82) is 5.26 Å². The van der Waals surface area contributed by atoms with Crippen LogP contribution in [0.2, 0.25) is 0 Å². The van der Waals surface area contributed by atoms with Gasteiger partial charge in [-0.05, 0) is 24.3 Å². The topological polar surface area (TPSA) is 109 Å². The summed E-state index contributed by atoms with van der Waals surface area (Å²) in [6.07, 6.45) is 0. The fourth-order valence-corrected chi connectivity index (χ4v) is 2.26. The third-order valence-corrected chi connectivity index (χ3v) is 3.48. The van der Waals surface area contributed by atoms with Gasteiger partial charge in [0.05, 0.1) is 21.6 Å². The molecule has 0 unspecified atom stereocenters. The summed E-state index contributed by atoms with van der Waals surface area (Å²) in [7, 11) is 1.81. The van der Waals surface area contributed by atoms with Crippen molar-refractivity contribution >= 4 is 28.1 Å². The molecule has 0 spiro atoms. The van der Waals surface area contributed by atoms with Crippen LogP contribution in [0.4, 0.5) is 11.4 Å². The molecule has 0 aliphatic rings.